The summed E-state index contributed by atoms with van der Waals surface area (Å²) in [5.74, 6) is -0.0469. The van der Waals surface area contributed by atoms with Gasteiger partial charge in [0.15, 0.2) is 0 Å². The molecule has 1 aliphatic heterocycles. The van der Waals surface area contributed by atoms with Gasteiger partial charge in [-0.15, -0.1) is 0 Å². The lowest BCUT2D eigenvalue weighted by Gasteiger charge is -2.41. The zero-order chi connectivity index (χ0) is 21.0. The molecule has 6 nitrogen and oxygen atoms in total. The molecule has 1 aromatic heterocycles. The van der Waals surface area contributed by atoms with Crippen molar-refractivity contribution in [3.8, 4) is 0 Å². The molecule has 0 aliphatic carbocycles. The summed E-state index contributed by atoms with van der Waals surface area (Å²) < 4.78 is 10.8. The number of ether oxygens (including phenoxy) is 1. The molecule has 6 heteroatoms. The number of likely N-dealkylation sites (tertiary alicyclic amines) is 1. The highest BCUT2D eigenvalue weighted by molar-refractivity contribution is 5.92. The first-order chi connectivity index (χ1) is 13.9. The normalized spacial score (nSPS) is 19.4. The van der Waals surface area contributed by atoms with E-state index in [2.05, 4.69) is 5.16 Å². The fraction of sp³-hybridized carbons (Fsp3) is 0.522. The average Bonchev–Trinajstić information content (AvgIpc) is 3.20. The number of hydrogen-bond acceptors (Lipinski definition) is 5. The molecule has 156 valence electrons. The molecule has 1 saturated heterocycles. The summed E-state index contributed by atoms with van der Waals surface area (Å²) in [6.07, 6.45) is 1.98. The van der Waals surface area contributed by atoms with Crippen molar-refractivity contribution < 1.29 is 18.8 Å². The van der Waals surface area contributed by atoms with Gasteiger partial charge in [-0.2, -0.15) is 0 Å². The van der Waals surface area contributed by atoms with Crippen LogP contribution < -0.4 is 0 Å². The van der Waals surface area contributed by atoms with Gasteiger partial charge in [-0.25, -0.2) is 0 Å². The van der Waals surface area contributed by atoms with Gasteiger partial charge in [0.05, 0.1) is 17.7 Å². The van der Waals surface area contributed by atoms with Crippen LogP contribution in [-0.4, -0.2) is 41.6 Å². The van der Waals surface area contributed by atoms with Gasteiger partial charge in [-0.3, -0.25) is 9.59 Å². The van der Waals surface area contributed by atoms with Crippen LogP contribution in [0.1, 0.15) is 66.9 Å². The summed E-state index contributed by atoms with van der Waals surface area (Å²) in [6.45, 7) is 9.08. The minimum Gasteiger partial charge on any atom is -0.466 e. The standard InChI is InChI=1S/C23H30N2O4/c1-5-28-22(27)23(14-18-10-7-6-9-17(18)4)11-8-12-25(15-23)21(26)20-13-19(16(2)3)24-29-20/h6-7,9-10,13,16H,5,8,11-12,14-15H2,1-4H3/t23-/m1/s1. The van der Waals surface area contributed by atoms with Gasteiger partial charge >= 0.3 is 5.97 Å². The molecular weight excluding hydrogens is 368 g/mol. The van der Waals surface area contributed by atoms with Crippen LogP contribution in [0.15, 0.2) is 34.9 Å². The van der Waals surface area contributed by atoms with Crippen LogP contribution in [0.2, 0.25) is 0 Å². The Hall–Kier alpha value is -2.63. The Morgan fingerprint density at radius 3 is 2.72 bits per heavy atom. The number of esters is 1. The number of piperidine rings is 1. The topological polar surface area (TPSA) is 72.6 Å². The second-order valence-electron chi connectivity index (χ2n) is 8.21. The maximum Gasteiger partial charge on any atom is 0.314 e. The monoisotopic (exact) mass is 398 g/mol. The molecule has 0 unspecified atom stereocenters. The van der Waals surface area contributed by atoms with Gasteiger partial charge in [0, 0.05) is 19.2 Å². The zero-order valence-corrected chi connectivity index (χ0v) is 17.7. The van der Waals surface area contributed by atoms with Crippen molar-refractivity contribution in [2.45, 2.75) is 52.9 Å². The predicted octanol–water partition coefficient (Wildman–Crippen LogP) is 4.13. The van der Waals surface area contributed by atoms with Crippen molar-refractivity contribution in [1.82, 2.24) is 10.1 Å². The van der Waals surface area contributed by atoms with Crippen LogP contribution in [0, 0.1) is 12.3 Å². The van der Waals surface area contributed by atoms with Crippen LogP contribution in [-0.2, 0) is 16.0 Å². The SMILES string of the molecule is CCOC(=O)[C@@]1(Cc2ccccc2C)CCCN(C(=O)c2cc(C(C)C)no2)C1. The Labute approximate surface area is 172 Å². The predicted molar refractivity (Wildman–Crippen MR) is 110 cm³/mol. The number of amides is 1. The number of rotatable bonds is 6. The molecule has 3 rings (SSSR count). The number of hydrogen-bond donors (Lipinski definition) is 0. The molecule has 1 aliphatic rings. The van der Waals surface area contributed by atoms with E-state index in [1.54, 1.807) is 11.0 Å². The molecule has 29 heavy (non-hydrogen) atoms. The van der Waals surface area contributed by atoms with Gasteiger partial charge in [0.25, 0.3) is 5.91 Å². The summed E-state index contributed by atoms with van der Waals surface area (Å²) >= 11 is 0. The minimum absolute atomic E-state index is 0.182. The molecule has 0 bridgehead atoms. The van der Waals surface area contributed by atoms with Crippen LogP contribution in [0.3, 0.4) is 0 Å². The van der Waals surface area contributed by atoms with Gasteiger partial charge in [-0.05, 0) is 50.2 Å². The number of carbonyl (C=O) groups excluding carboxylic acids is 2. The molecule has 2 aromatic rings. The Kier molecular flexibility index (Phi) is 6.40. The third-order valence-electron chi connectivity index (χ3n) is 5.69. The average molecular weight is 399 g/mol. The largest absolute Gasteiger partial charge is 0.466 e. The van der Waals surface area contributed by atoms with E-state index >= 15 is 0 Å². The van der Waals surface area contributed by atoms with Crippen molar-refractivity contribution >= 4 is 11.9 Å². The summed E-state index contributed by atoms with van der Waals surface area (Å²) in [5.41, 5.74) is 2.24. The van der Waals surface area contributed by atoms with Crippen molar-refractivity contribution in [2.75, 3.05) is 19.7 Å². The first kappa shape index (κ1) is 21.1. The molecule has 1 fully saturated rings. The van der Waals surface area contributed by atoms with E-state index in [1.807, 2.05) is 52.0 Å². The van der Waals surface area contributed by atoms with Crippen molar-refractivity contribution in [3.05, 3.63) is 52.9 Å². The number of aryl methyl sites for hydroxylation is 1. The number of aromatic nitrogens is 1. The van der Waals surface area contributed by atoms with E-state index in [0.717, 1.165) is 23.2 Å². The lowest BCUT2D eigenvalue weighted by Crippen LogP contribution is -2.51. The van der Waals surface area contributed by atoms with Gasteiger partial charge in [0.1, 0.15) is 0 Å². The third-order valence-corrected chi connectivity index (χ3v) is 5.69. The first-order valence-electron chi connectivity index (χ1n) is 10.3. The third kappa shape index (κ3) is 4.52. The van der Waals surface area contributed by atoms with Crippen molar-refractivity contribution in [1.29, 1.82) is 0 Å². The highest BCUT2D eigenvalue weighted by Crippen LogP contribution is 2.36. The second-order valence-corrected chi connectivity index (χ2v) is 8.21. The Morgan fingerprint density at radius 1 is 1.31 bits per heavy atom. The quantitative estimate of drug-likeness (QED) is 0.684. The number of carbonyl (C=O) groups is 2. The summed E-state index contributed by atoms with van der Waals surface area (Å²) in [4.78, 5) is 27.8. The lowest BCUT2D eigenvalue weighted by molar-refractivity contribution is -0.158. The van der Waals surface area contributed by atoms with Gasteiger partial charge in [0.2, 0.25) is 5.76 Å². The second kappa shape index (κ2) is 8.80. The smallest absolute Gasteiger partial charge is 0.314 e. The summed E-state index contributed by atoms with van der Waals surface area (Å²) in [7, 11) is 0. The molecular formula is C23H30N2O4. The van der Waals surface area contributed by atoms with Crippen LogP contribution in [0.4, 0.5) is 0 Å². The fourth-order valence-corrected chi connectivity index (χ4v) is 3.96. The molecule has 0 radical (unpaired) electrons. The van der Waals surface area contributed by atoms with E-state index in [1.165, 1.54) is 0 Å². The molecule has 1 aromatic carbocycles. The Morgan fingerprint density at radius 2 is 2.07 bits per heavy atom. The lowest BCUT2D eigenvalue weighted by atomic mass is 9.74. The molecule has 1 atom stereocenters. The van der Waals surface area contributed by atoms with E-state index in [-0.39, 0.29) is 23.6 Å². The van der Waals surface area contributed by atoms with E-state index < -0.39 is 5.41 Å². The molecule has 1 amide bonds. The zero-order valence-electron chi connectivity index (χ0n) is 17.7. The molecule has 0 saturated carbocycles. The molecule has 0 N–H and O–H groups in total. The number of nitrogens with zero attached hydrogens (tertiary/aromatic N) is 2. The van der Waals surface area contributed by atoms with Crippen LogP contribution in [0.25, 0.3) is 0 Å². The fourth-order valence-electron chi connectivity index (χ4n) is 3.96. The Bertz CT molecular complexity index is 873. The maximum absolute atomic E-state index is 13.1. The van der Waals surface area contributed by atoms with Crippen LogP contribution in [0.5, 0.6) is 0 Å². The summed E-state index contributed by atoms with van der Waals surface area (Å²) in [6, 6.07) is 9.76. The van der Waals surface area contributed by atoms with Gasteiger partial charge < -0.3 is 14.2 Å². The Balaban J connectivity index is 1.87. The van der Waals surface area contributed by atoms with E-state index in [0.29, 0.717) is 32.5 Å². The van der Waals surface area contributed by atoms with E-state index in [9.17, 15) is 9.59 Å². The molecule has 0 spiro atoms. The van der Waals surface area contributed by atoms with Crippen molar-refractivity contribution in [3.63, 3.8) is 0 Å². The minimum atomic E-state index is -0.753. The first-order valence-corrected chi connectivity index (χ1v) is 10.3. The highest BCUT2D eigenvalue weighted by atomic mass is 16.5. The number of benzene rings is 1. The van der Waals surface area contributed by atoms with Crippen molar-refractivity contribution in [2.24, 2.45) is 5.41 Å². The summed E-state index contributed by atoms with van der Waals surface area (Å²) in [5, 5.41) is 4.00. The van der Waals surface area contributed by atoms with E-state index in [4.69, 9.17) is 9.26 Å². The van der Waals surface area contributed by atoms with Crippen LogP contribution >= 0.6 is 0 Å². The maximum atomic E-state index is 13.1. The van der Waals surface area contributed by atoms with Gasteiger partial charge in [-0.1, -0.05) is 43.3 Å². The molecule has 2 heterocycles. The highest BCUT2D eigenvalue weighted by Gasteiger charge is 2.45.